The van der Waals surface area contributed by atoms with Gasteiger partial charge in [-0.15, -0.1) is 0 Å². The van der Waals surface area contributed by atoms with Crippen molar-refractivity contribution in [1.29, 1.82) is 0 Å². The molecule has 0 bridgehead atoms. The van der Waals surface area contributed by atoms with Gasteiger partial charge in [-0.25, -0.2) is 14.8 Å². The van der Waals surface area contributed by atoms with Crippen LogP contribution < -0.4 is 4.90 Å². The summed E-state index contributed by atoms with van der Waals surface area (Å²) in [6.45, 7) is 6.62. The Hall–Kier alpha value is -1.61. The number of ether oxygens (including phenoxy) is 1. The van der Waals surface area contributed by atoms with Crippen molar-refractivity contribution >= 4 is 57.6 Å². The van der Waals surface area contributed by atoms with Crippen LogP contribution in [0.3, 0.4) is 0 Å². The van der Waals surface area contributed by atoms with E-state index in [1.54, 1.807) is 13.3 Å². The molecule has 3 rings (SSSR count). The second-order valence-electron chi connectivity index (χ2n) is 8.40. The number of anilines is 1. The largest absolute Gasteiger partial charge is 0.465 e. The lowest BCUT2D eigenvalue weighted by Crippen LogP contribution is -2.66. The third-order valence-electron chi connectivity index (χ3n) is 5.95. The van der Waals surface area contributed by atoms with Gasteiger partial charge >= 0.3 is 6.09 Å². The lowest BCUT2D eigenvalue weighted by molar-refractivity contribution is -0.0346. The Balaban J connectivity index is 2.22. The van der Waals surface area contributed by atoms with Crippen LogP contribution in [0.4, 0.5) is 10.6 Å². The number of rotatable bonds is 4. The minimum atomic E-state index is -0.986. The predicted octanol–water partition coefficient (Wildman–Crippen LogP) is 4.60. The van der Waals surface area contributed by atoms with Gasteiger partial charge in [0, 0.05) is 26.9 Å². The van der Waals surface area contributed by atoms with Gasteiger partial charge in [0.15, 0.2) is 0 Å². The standard InChI is InChI=1S/C19H24Cl3N5O3/c1-18(2,3)19(9-30-5)11(6-7-27(19)17(28)29)26(4)15-10-8-23-14(21)12(20)13(10)24-16(22)25-15/h8,11H,6-7,9H2,1-5H3,(H,28,29). The third kappa shape index (κ3) is 3.53. The molecule has 8 nitrogen and oxygen atoms in total. The highest BCUT2D eigenvalue weighted by Gasteiger charge is 2.59. The van der Waals surface area contributed by atoms with Crippen LogP contribution in [0.15, 0.2) is 6.20 Å². The number of pyridine rings is 1. The SMILES string of the molecule is COCC1(C(C)(C)C)C(N(C)c2nc(Cl)nc3c(Cl)c(Cl)ncc23)CCN1C(=O)O. The Morgan fingerprint density at radius 3 is 2.60 bits per heavy atom. The average molecular weight is 477 g/mol. The second-order valence-corrected chi connectivity index (χ2v) is 9.47. The summed E-state index contributed by atoms with van der Waals surface area (Å²) in [5, 5.41) is 10.8. The number of nitrogens with zero attached hydrogens (tertiary/aromatic N) is 5. The van der Waals surface area contributed by atoms with Crippen LogP contribution in [-0.2, 0) is 4.74 Å². The molecule has 11 heteroatoms. The minimum absolute atomic E-state index is 0.00899. The first-order valence-corrected chi connectivity index (χ1v) is 10.5. The monoisotopic (exact) mass is 475 g/mol. The fourth-order valence-corrected chi connectivity index (χ4v) is 5.07. The number of amides is 1. The van der Waals surface area contributed by atoms with Gasteiger partial charge in [0.05, 0.1) is 23.6 Å². The first-order chi connectivity index (χ1) is 14.0. The highest BCUT2D eigenvalue weighted by Crippen LogP contribution is 2.47. The van der Waals surface area contributed by atoms with Gasteiger partial charge in [0.2, 0.25) is 5.28 Å². The molecule has 0 aliphatic carbocycles. The van der Waals surface area contributed by atoms with Gasteiger partial charge in [0.25, 0.3) is 0 Å². The Bertz CT molecular complexity index is 984. The molecule has 0 aromatic carbocycles. The maximum atomic E-state index is 12.2. The molecule has 0 radical (unpaired) electrons. The summed E-state index contributed by atoms with van der Waals surface area (Å²) in [5.41, 5.74) is -0.891. The van der Waals surface area contributed by atoms with Crippen LogP contribution in [0.5, 0.6) is 0 Å². The molecule has 2 aromatic rings. The van der Waals surface area contributed by atoms with E-state index < -0.39 is 17.0 Å². The normalized spacial score (nSPS) is 22.0. The van der Waals surface area contributed by atoms with E-state index in [1.807, 2.05) is 32.7 Å². The summed E-state index contributed by atoms with van der Waals surface area (Å²) in [4.78, 5) is 28.3. The number of aromatic nitrogens is 3. The van der Waals surface area contributed by atoms with E-state index in [0.717, 1.165) is 0 Å². The molecule has 2 unspecified atom stereocenters. The lowest BCUT2D eigenvalue weighted by Gasteiger charge is -2.52. The van der Waals surface area contributed by atoms with Gasteiger partial charge < -0.3 is 14.7 Å². The van der Waals surface area contributed by atoms with Gasteiger partial charge in [-0.05, 0) is 23.4 Å². The van der Waals surface area contributed by atoms with Gasteiger partial charge in [-0.2, -0.15) is 4.98 Å². The molecular formula is C19H24Cl3N5O3. The molecule has 1 aliphatic rings. The molecule has 1 N–H and O–H groups in total. The highest BCUT2D eigenvalue weighted by molar-refractivity contribution is 6.44. The van der Waals surface area contributed by atoms with Crippen molar-refractivity contribution in [3.8, 4) is 0 Å². The molecule has 164 valence electrons. The Kier molecular flexibility index (Phi) is 6.26. The predicted molar refractivity (Wildman–Crippen MR) is 118 cm³/mol. The van der Waals surface area contributed by atoms with Gasteiger partial charge in [-0.1, -0.05) is 44.0 Å². The van der Waals surface area contributed by atoms with E-state index in [2.05, 4.69) is 15.0 Å². The maximum absolute atomic E-state index is 12.2. The first-order valence-electron chi connectivity index (χ1n) is 9.35. The highest BCUT2D eigenvalue weighted by atomic mass is 35.5. The quantitative estimate of drug-likeness (QED) is 0.509. The molecule has 0 spiro atoms. The summed E-state index contributed by atoms with van der Waals surface area (Å²) >= 11 is 18.6. The summed E-state index contributed by atoms with van der Waals surface area (Å²) in [7, 11) is 3.43. The van der Waals surface area contributed by atoms with Gasteiger partial charge in [-0.3, -0.25) is 4.90 Å². The third-order valence-corrected chi connectivity index (χ3v) is 6.86. The van der Waals surface area contributed by atoms with E-state index in [0.29, 0.717) is 29.7 Å². The fourth-order valence-electron chi connectivity index (χ4n) is 4.57. The Morgan fingerprint density at radius 1 is 1.37 bits per heavy atom. The van der Waals surface area contributed by atoms with Crippen LogP contribution in [-0.4, -0.2) is 69.9 Å². The number of carbonyl (C=O) groups is 1. The van der Waals surface area contributed by atoms with Crippen LogP contribution in [0.25, 0.3) is 10.9 Å². The topological polar surface area (TPSA) is 91.7 Å². The van der Waals surface area contributed by atoms with E-state index in [9.17, 15) is 9.90 Å². The average Bonchev–Trinajstić information content (AvgIpc) is 3.05. The van der Waals surface area contributed by atoms with Crippen molar-refractivity contribution in [2.45, 2.75) is 38.8 Å². The van der Waals surface area contributed by atoms with E-state index in [1.165, 1.54) is 4.90 Å². The molecule has 0 saturated carbocycles. The fraction of sp³-hybridized carbons (Fsp3) is 0.579. The van der Waals surface area contributed by atoms with Crippen molar-refractivity contribution in [3.05, 3.63) is 21.7 Å². The number of hydrogen-bond donors (Lipinski definition) is 1. The van der Waals surface area contributed by atoms with E-state index in [4.69, 9.17) is 39.5 Å². The zero-order chi connectivity index (χ0) is 22.4. The molecule has 1 amide bonds. The molecule has 1 fully saturated rings. The lowest BCUT2D eigenvalue weighted by atomic mass is 9.69. The number of halogens is 3. The number of carboxylic acid groups (broad SMARTS) is 1. The summed E-state index contributed by atoms with van der Waals surface area (Å²) in [6.07, 6.45) is 1.14. The Labute approximate surface area is 190 Å². The number of likely N-dealkylation sites (tertiary alicyclic amines) is 1. The molecular weight excluding hydrogens is 453 g/mol. The van der Waals surface area contributed by atoms with Crippen LogP contribution >= 0.6 is 34.8 Å². The number of methoxy groups -OCH3 is 1. The van der Waals surface area contributed by atoms with E-state index >= 15 is 0 Å². The second kappa shape index (κ2) is 8.15. The number of likely N-dealkylation sites (N-methyl/N-ethyl adjacent to an activating group) is 1. The first kappa shape index (κ1) is 23.1. The van der Waals surface area contributed by atoms with Crippen LogP contribution in [0.1, 0.15) is 27.2 Å². The van der Waals surface area contributed by atoms with Crippen LogP contribution in [0.2, 0.25) is 15.5 Å². The number of hydrogen-bond acceptors (Lipinski definition) is 6. The van der Waals surface area contributed by atoms with Gasteiger partial charge in [0.1, 0.15) is 21.5 Å². The summed E-state index contributed by atoms with van der Waals surface area (Å²) in [6, 6.07) is -0.253. The summed E-state index contributed by atoms with van der Waals surface area (Å²) in [5.74, 6) is 0.498. The molecule has 1 saturated heterocycles. The molecule has 2 aromatic heterocycles. The van der Waals surface area contributed by atoms with Crippen molar-refractivity contribution in [2.75, 3.05) is 32.2 Å². The van der Waals surface area contributed by atoms with Crippen molar-refractivity contribution in [2.24, 2.45) is 5.41 Å². The minimum Gasteiger partial charge on any atom is -0.465 e. The smallest absolute Gasteiger partial charge is 0.407 e. The van der Waals surface area contributed by atoms with E-state index in [-0.39, 0.29) is 28.1 Å². The Morgan fingerprint density at radius 2 is 2.03 bits per heavy atom. The molecule has 2 atom stereocenters. The zero-order valence-electron chi connectivity index (χ0n) is 17.4. The molecule has 1 aliphatic heterocycles. The van der Waals surface area contributed by atoms with Crippen molar-refractivity contribution in [1.82, 2.24) is 19.9 Å². The number of fused-ring (bicyclic) bond motifs is 1. The van der Waals surface area contributed by atoms with Crippen molar-refractivity contribution in [3.63, 3.8) is 0 Å². The summed E-state index contributed by atoms with van der Waals surface area (Å²) < 4.78 is 5.56. The molecule has 30 heavy (non-hydrogen) atoms. The van der Waals surface area contributed by atoms with Crippen LogP contribution in [0, 0.1) is 5.41 Å². The zero-order valence-corrected chi connectivity index (χ0v) is 19.7. The molecule has 3 heterocycles. The van der Waals surface area contributed by atoms with Crippen molar-refractivity contribution < 1.29 is 14.6 Å². The maximum Gasteiger partial charge on any atom is 0.407 e.